The average molecular weight is 1110 g/mol. The van der Waals surface area contributed by atoms with Crippen LogP contribution in [0.3, 0.4) is 0 Å². The number of aryl methyl sites for hydroxylation is 2. The number of carbonyl (C=O) groups is 3. The van der Waals surface area contributed by atoms with Gasteiger partial charge in [0.15, 0.2) is 23.0 Å². The third-order valence-corrected chi connectivity index (χ3v) is 15.5. The lowest BCUT2D eigenvalue weighted by Crippen LogP contribution is -2.49. The number of hydrogen-bond acceptors (Lipinski definition) is 13. The summed E-state index contributed by atoms with van der Waals surface area (Å²) < 4.78 is 32.2. The molecule has 81 heavy (non-hydrogen) atoms. The van der Waals surface area contributed by atoms with Gasteiger partial charge in [-0.25, -0.2) is 4.79 Å². The largest absolute Gasteiger partial charge is 0.486 e. The number of carbonyl (C=O) groups excluding carboxylic acids is 3. The van der Waals surface area contributed by atoms with Gasteiger partial charge in [0.05, 0.1) is 22.2 Å². The molecule has 1 N–H and O–H groups in total. The third-order valence-electron chi connectivity index (χ3n) is 15.5. The standard InChI is InChI=1S/C34H44N4O6.C29H36N4O4/c1-23-7-9-26-27(32(40)35(5)6)21-31(39)37(28(26)19-23)16-15-36-13-11-25(12-14-36)38(33(41)44-34(2,3)4)22-24-8-10-29-30(20-24)43-18-17-42-29;1-20-4-6-23-24(29(35)31(2)3)18-28(34)33(25(23)16-20)13-12-32-10-8-22(9-11-32)30-19-21-5-7-26-27(17-21)37-15-14-36-26/h7-10,19-21,25H,11-18,22H2,1-6H3;4-7,16-18,22,30H,8-15,19H2,1-3H3. The number of benzene rings is 4. The number of ether oxygens (including phenoxy) is 5. The number of piperidine rings is 2. The van der Waals surface area contributed by atoms with Crippen LogP contribution in [0.4, 0.5) is 4.79 Å². The molecule has 10 rings (SSSR count). The van der Waals surface area contributed by atoms with Crippen LogP contribution in [-0.4, -0.2) is 163 Å². The topological polar surface area (TPSA) is 170 Å². The number of nitrogens with zero attached hydrogens (tertiary/aromatic N) is 7. The van der Waals surface area contributed by atoms with Crippen molar-refractivity contribution < 1.29 is 38.1 Å². The summed E-state index contributed by atoms with van der Waals surface area (Å²) >= 11 is 0. The highest BCUT2D eigenvalue weighted by Gasteiger charge is 2.32. The van der Waals surface area contributed by atoms with Gasteiger partial charge >= 0.3 is 6.09 Å². The third kappa shape index (κ3) is 14.4. The molecule has 2 aromatic heterocycles. The van der Waals surface area contributed by atoms with E-state index in [1.165, 1.54) is 27.5 Å². The zero-order valence-corrected chi connectivity index (χ0v) is 48.7. The van der Waals surface area contributed by atoms with E-state index in [0.29, 0.717) is 75.5 Å². The molecule has 6 heterocycles. The minimum absolute atomic E-state index is 0.0110. The Kier molecular flexibility index (Phi) is 18.4. The van der Waals surface area contributed by atoms with Crippen LogP contribution < -0.4 is 35.4 Å². The maximum atomic E-state index is 13.4. The Morgan fingerprint density at radius 3 is 1.48 bits per heavy atom. The molecule has 2 saturated heterocycles. The maximum absolute atomic E-state index is 13.4. The molecule has 0 unspecified atom stereocenters. The van der Waals surface area contributed by atoms with E-state index in [4.69, 9.17) is 23.7 Å². The lowest BCUT2D eigenvalue weighted by molar-refractivity contribution is 0.00560. The first-order valence-electron chi connectivity index (χ1n) is 28.4. The molecule has 0 bridgehead atoms. The van der Waals surface area contributed by atoms with Gasteiger partial charge in [-0.3, -0.25) is 19.2 Å². The fourth-order valence-corrected chi connectivity index (χ4v) is 11.1. The van der Waals surface area contributed by atoms with Gasteiger partial charge in [0.25, 0.3) is 22.9 Å². The smallest absolute Gasteiger partial charge is 0.410 e. The van der Waals surface area contributed by atoms with E-state index in [-0.39, 0.29) is 35.1 Å². The van der Waals surface area contributed by atoms with Crippen LogP contribution in [0.25, 0.3) is 21.8 Å². The summed E-state index contributed by atoms with van der Waals surface area (Å²) in [6.07, 6.45) is 3.38. The molecule has 18 nitrogen and oxygen atoms in total. The average Bonchev–Trinajstić information content (AvgIpc) is 3.62. The Balaban J connectivity index is 0.000000198. The van der Waals surface area contributed by atoms with Crippen molar-refractivity contribution in [1.29, 1.82) is 0 Å². The predicted molar refractivity (Wildman–Crippen MR) is 314 cm³/mol. The molecule has 6 aromatic rings. The van der Waals surface area contributed by atoms with E-state index in [2.05, 4.69) is 27.2 Å². The quantitative estimate of drug-likeness (QED) is 0.113. The number of fused-ring (bicyclic) bond motifs is 4. The van der Waals surface area contributed by atoms with Crippen molar-refractivity contribution in [3.63, 3.8) is 0 Å². The van der Waals surface area contributed by atoms with Crippen molar-refractivity contribution in [3.05, 3.63) is 139 Å². The fourth-order valence-electron chi connectivity index (χ4n) is 11.1. The van der Waals surface area contributed by atoms with Gasteiger partial charge in [-0.2, -0.15) is 0 Å². The molecule has 2 fully saturated rings. The summed E-state index contributed by atoms with van der Waals surface area (Å²) in [7, 11) is 6.81. The lowest BCUT2D eigenvalue weighted by Gasteiger charge is -2.39. The highest BCUT2D eigenvalue weighted by Crippen LogP contribution is 2.33. The van der Waals surface area contributed by atoms with Crippen LogP contribution in [0.15, 0.2) is 94.5 Å². The zero-order valence-electron chi connectivity index (χ0n) is 48.7. The Morgan fingerprint density at radius 1 is 0.568 bits per heavy atom. The summed E-state index contributed by atoms with van der Waals surface area (Å²) in [5, 5.41) is 5.29. The molecule has 4 aliphatic rings. The molecule has 18 heteroatoms. The van der Waals surface area contributed by atoms with E-state index in [0.717, 1.165) is 121 Å². The molecule has 4 aliphatic heterocycles. The maximum Gasteiger partial charge on any atom is 0.410 e. The molecule has 0 aliphatic carbocycles. The highest BCUT2D eigenvalue weighted by molar-refractivity contribution is 6.07. The molecule has 4 aromatic carbocycles. The molecular formula is C63H80N8O10. The van der Waals surface area contributed by atoms with Gasteiger partial charge < -0.3 is 62.6 Å². The van der Waals surface area contributed by atoms with Gasteiger partial charge in [0.2, 0.25) is 0 Å². The van der Waals surface area contributed by atoms with E-state index in [1.54, 1.807) is 32.8 Å². The number of aromatic nitrogens is 2. The second-order valence-corrected chi connectivity index (χ2v) is 23.2. The summed E-state index contributed by atoms with van der Waals surface area (Å²) in [5.41, 5.74) is 5.83. The molecule has 0 saturated carbocycles. The number of hydrogen-bond donors (Lipinski definition) is 1. The number of likely N-dealkylation sites (tertiary alicyclic amines) is 2. The molecule has 3 amide bonds. The second kappa shape index (κ2) is 25.6. The second-order valence-electron chi connectivity index (χ2n) is 23.2. The summed E-state index contributed by atoms with van der Waals surface area (Å²) in [5.74, 6) is 2.74. The number of amides is 3. The van der Waals surface area contributed by atoms with Crippen LogP contribution in [0, 0.1) is 13.8 Å². The van der Waals surface area contributed by atoms with Crippen LogP contribution >= 0.6 is 0 Å². The fraction of sp³-hybridized carbons (Fsp3) is 0.476. The van der Waals surface area contributed by atoms with Crippen molar-refractivity contribution in [1.82, 2.24) is 39.0 Å². The summed E-state index contributed by atoms with van der Waals surface area (Å²) in [6, 6.07) is 27.2. The van der Waals surface area contributed by atoms with Crippen molar-refractivity contribution in [3.8, 4) is 23.0 Å². The summed E-state index contributed by atoms with van der Waals surface area (Å²) in [4.78, 5) is 74.9. The van der Waals surface area contributed by atoms with Gasteiger partial charge in [-0.1, -0.05) is 36.4 Å². The highest BCUT2D eigenvalue weighted by atomic mass is 16.6. The Morgan fingerprint density at radius 2 is 1.01 bits per heavy atom. The number of pyridine rings is 2. The number of rotatable bonds is 14. The zero-order chi connectivity index (χ0) is 57.5. The minimum Gasteiger partial charge on any atom is -0.486 e. The van der Waals surface area contributed by atoms with Crippen molar-refractivity contribution in [2.75, 3.05) is 93.9 Å². The van der Waals surface area contributed by atoms with Crippen molar-refractivity contribution >= 4 is 39.7 Å². The van der Waals surface area contributed by atoms with E-state index >= 15 is 0 Å². The molecule has 0 spiro atoms. The minimum atomic E-state index is -0.607. The number of nitrogens with one attached hydrogen (secondary N) is 1. The van der Waals surface area contributed by atoms with E-state index in [9.17, 15) is 24.0 Å². The molecular weight excluding hydrogens is 1030 g/mol. The van der Waals surface area contributed by atoms with Crippen LogP contribution in [0.5, 0.6) is 23.0 Å². The first-order chi connectivity index (χ1) is 38.8. The van der Waals surface area contributed by atoms with Gasteiger partial charge in [0, 0.05) is 116 Å². The lowest BCUT2D eigenvalue weighted by atomic mass is 10.0. The van der Waals surface area contributed by atoms with Crippen LogP contribution in [-0.2, 0) is 30.9 Å². The first kappa shape index (κ1) is 58.3. The molecule has 0 atom stereocenters. The SMILES string of the molecule is Cc1ccc2c(C(=O)N(C)C)cc(=O)n(CCN3CCC(N(Cc4ccc5c(c4)OCCO5)C(=O)OC(C)(C)C)CC3)c2c1.Cc1ccc2c(C(=O)N(C)C)cc(=O)n(CCN3CCC(NCc4ccc5c(c4)OCCO5)CC3)c2c1. The first-order valence-corrected chi connectivity index (χ1v) is 28.4. The normalized spacial score (nSPS) is 15.9. The monoisotopic (exact) mass is 1110 g/mol. The summed E-state index contributed by atoms with van der Waals surface area (Å²) in [6.45, 7) is 19.2. The van der Waals surface area contributed by atoms with E-state index < -0.39 is 5.60 Å². The van der Waals surface area contributed by atoms with Gasteiger partial charge in [-0.05, 0) is 132 Å². The van der Waals surface area contributed by atoms with E-state index in [1.807, 2.05) is 105 Å². The van der Waals surface area contributed by atoms with Crippen molar-refractivity contribution in [2.24, 2.45) is 0 Å². The van der Waals surface area contributed by atoms with Crippen molar-refractivity contribution in [2.45, 2.75) is 104 Å². The van der Waals surface area contributed by atoms with Crippen LogP contribution in [0.2, 0.25) is 0 Å². The van der Waals surface area contributed by atoms with Gasteiger partial charge in [0.1, 0.15) is 32.0 Å². The van der Waals surface area contributed by atoms with Crippen LogP contribution in [0.1, 0.15) is 89.4 Å². The Hall–Kier alpha value is -7.41. The predicted octanol–water partition coefficient (Wildman–Crippen LogP) is 7.72. The Labute approximate surface area is 475 Å². The van der Waals surface area contributed by atoms with Gasteiger partial charge in [-0.15, -0.1) is 0 Å². The molecule has 0 radical (unpaired) electrons. The molecule has 432 valence electrons. The Bertz CT molecular complexity index is 3370.